The molecule has 0 bridgehead atoms. The Kier molecular flexibility index (Phi) is 4.34. The molecule has 2 rings (SSSR count). The third-order valence-corrected chi connectivity index (χ3v) is 2.99. The van der Waals surface area contributed by atoms with Gasteiger partial charge in [-0.05, 0) is 37.6 Å². The van der Waals surface area contributed by atoms with E-state index in [1.807, 2.05) is 0 Å². The number of aromatic nitrogens is 2. The summed E-state index contributed by atoms with van der Waals surface area (Å²) in [6.45, 7) is 4.13. The molecule has 1 atom stereocenters. The first kappa shape index (κ1) is 14.0. The molecule has 0 saturated carbocycles. The van der Waals surface area contributed by atoms with Crippen molar-refractivity contribution >= 4 is 23.0 Å². The molecule has 1 aromatic carbocycles. The molecule has 0 radical (unpaired) electrons. The molecule has 6 heteroatoms. The van der Waals surface area contributed by atoms with Crippen LogP contribution in [0.3, 0.4) is 0 Å². The first-order valence-corrected chi connectivity index (χ1v) is 6.49. The third-order valence-electron chi connectivity index (χ3n) is 2.99. The summed E-state index contributed by atoms with van der Waals surface area (Å²) in [6, 6.07) is 6.26. The van der Waals surface area contributed by atoms with Crippen molar-refractivity contribution in [3.05, 3.63) is 36.4 Å². The average molecular weight is 275 g/mol. The number of nitrogens with zero attached hydrogens (tertiary/aromatic N) is 2. The summed E-state index contributed by atoms with van der Waals surface area (Å²) in [6.07, 6.45) is 2.40. The van der Waals surface area contributed by atoms with Crippen LogP contribution >= 0.6 is 0 Å². The largest absolute Gasteiger partial charge is 0.393 e. The lowest BCUT2D eigenvalue weighted by atomic mass is 10.2. The zero-order valence-corrected chi connectivity index (χ0v) is 11.5. The molecule has 0 spiro atoms. The number of hydrogen-bond donors (Lipinski definition) is 3. The van der Waals surface area contributed by atoms with Crippen LogP contribution in [-0.2, 0) is 0 Å². The van der Waals surface area contributed by atoms with E-state index in [0.29, 0.717) is 23.0 Å². The molecule has 1 heterocycles. The summed E-state index contributed by atoms with van der Waals surface area (Å²) in [5.41, 5.74) is 7.20. The van der Waals surface area contributed by atoms with Crippen LogP contribution in [0.2, 0.25) is 0 Å². The Hall–Kier alpha value is -2.37. The maximum atomic E-state index is 12.9. The van der Waals surface area contributed by atoms with Gasteiger partial charge in [0, 0.05) is 11.7 Å². The van der Waals surface area contributed by atoms with E-state index in [2.05, 4.69) is 34.4 Å². The van der Waals surface area contributed by atoms with Gasteiger partial charge in [0.2, 0.25) is 0 Å². The van der Waals surface area contributed by atoms with Crippen LogP contribution in [0.4, 0.5) is 27.4 Å². The quantitative estimate of drug-likeness (QED) is 0.781. The van der Waals surface area contributed by atoms with Crippen LogP contribution in [0.25, 0.3) is 0 Å². The number of nitrogens with one attached hydrogen (secondary N) is 2. The van der Waals surface area contributed by atoms with E-state index >= 15 is 0 Å². The lowest BCUT2D eigenvalue weighted by Gasteiger charge is -2.15. The van der Waals surface area contributed by atoms with Crippen molar-refractivity contribution in [1.29, 1.82) is 0 Å². The molecule has 0 saturated heterocycles. The van der Waals surface area contributed by atoms with Gasteiger partial charge in [0.1, 0.15) is 17.8 Å². The van der Waals surface area contributed by atoms with Crippen molar-refractivity contribution in [3.63, 3.8) is 0 Å². The van der Waals surface area contributed by atoms with E-state index in [4.69, 9.17) is 5.73 Å². The highest BCUT2D eigenvalue weighted by molar-refractivity contribution is 5.77. The Morgan fingerprint density at radius 3 is 2.50 bits per heavy atom. The van der Waals surface area contributed by atoms with Gasteiger partial charge in [-0.1, -0.05) is 6.92 Å². The van der Waals surface area contributed by atoms with E-state index in [1.54, 1.807) is 12.1 Å². The summed E-state index contributed by atoms with van der Waals surface area (Å²) in [4.78, 5) is 8.24. The van der Waals surface area contributed by atoms with E-state index in [9.17, 15) is 4.39 Å². The van der Waals surface area contributed by atoms with Crippen LogP contribution in [-0.4, -0.2) is 16.0 Å². The zero-order valence-electron chi connectivity index (χ0n) is 11.5. The van der Waals surface area contributed by atoms with Gasteiger partial charge in [-0.25, -0.2) is 14.4 Å². The van der Waals surface area contributed by atoms with Crippen LogP contribution in [0, 0.1) is 5.82 Å². The summed E-state index contributed by atoms with van der Waals surface area (Å²) in [7, 11) is 0. The van der Waals surface area contributed by atoms with E-state index in [0.717, 1.165) is 6.42 Å². The first-order valence-electron chi connectivity index (χ1n) is 6.49. The van der Waals surface area contributed by atoms with Crippen LogP contribution in [0.15, 0.2) is 30.6 Å². The van der Waals surface area contributed by atoms with Crippen molar-refractivity contribution in [2.45, 2.75) is 26.3 Å². The van der Waals surface area contributed by atoms with Crippen molar-refractivity contribution < 1.29 is 4.39 Å². The van der Waals surface area contributed by atoms with Crippen molar-refractivity contribution in [2.24, 2.45) is 0 Å². The van der Waals surface area contributed by atoms with Crippen molar-refractivity contribution in [2.75, 3.05) is 16.4 Å². The number of nitrogens with two attached hydrogens (primary N) is 1. The minimum atomic E-state index is -0.287. The second-order valence-corrected chi connectivity index (χ2v) is 4.57. The number of nitrogen functional groups attached to an aromatic ring is 1. The summed E-state index contributed by atoms with van der Waals surface area (Å²) >= 11 is 0. The van der Waals surface area contributed by atoms with Gasteiger partial charge in [-0.3, -0.25) is 0 Å². The van der Waals surface area contributed by atoms with Gasteiger partial charge < -0.3 is 16.4 Å². The maximum Gasteiger partial charge on any atom is 0.159 e. The Morgan fingerprint density at radius 2 is 1.85 bits per heavy atom. The highest BCUT2D eigenvalue weighted by Crippen LogP contribution is 2.26. The fraction of sp³-hybridized carbons (Fsp3) is 0.286. The molecule has 5 nitrogen and oxygen atoms in total. The second-order valence-electron chi connectivity index (χ2n) is 4.57. The van der Waals surface area contributed by atoms with Crippen LogP contribution in [0.5, 0.6) is 0 Å². The highest BCUT2D eigenvalue weighted by atomic mass is 19.1. The predicted molar refractivity (Wildman–Crippen MR) is 79.5 cm³/mol. The maximum absolute atomic E-state index is 12.9. The summed E-state index contributed by atoms with van der Waals surface area (Å²) in [5, 5.41) is 6.27. The SMILES string of the molecule is CCC(C)Nc1ncnc(Nc2ccc(F)cc2)c1N. The molecule has 4 N–H and O–H groups in total. The summed E-state index contributed by atoms with van der Waals surface area (Å²) in [5.74, 6) is 0.807. The predicted octanol–water partition coefficient (Wildman–Crippen LogP) is 3.15. The van der Waals surface area contributed by atoms with Gasteiger partial charge in [0.15, 0.2) is 11.6 Å². The normalized spacial score (nSPS) is 11.9. The third kappa shape index (κ3) is 3.34. The molecular formula is C14H18FN5. The second kappa shape index (κ2) is 6.18. The Balaban J connectivity index is 2.20. The van der Waals surface area contributed by atoms with E-state index in [-0.39, 0.29) is 11.9 Å². The molecule has 0 aliphatic rings. The fourth-order valence-electron chi connectivity index (χ4n) is 1.62. The molecule has 1 unspecified atom stereocenters. The minimum absolute atomic E-state index is 0.269. The molecular weight excluding hydrogens is 257 g/mol. The van der Waals surface area contributed by atoms with Gasteiger partial charge in [-0.2, -0.15) is 0 Å². The van der Waals surface area contributed by atoms with E-state index < -0.39 is 0 Å². The molecule has 0 aliphatic carbocycles. The van der Waals surface area contributed by atoms with Gasteiger partial charge in [0.05, 0.1) is 0 Å². The summed E-state index contributed by atoms with van der Waals surface area (Å²) < 4.78 is 12.9. The topological polar surface area (TPSA) is 75.9 Å². The Bertz CT molecular complexity index is 570. The van der Waals surface area contributed by atoms with Gasteiger partial charge in [0.25, 0.3) is 0 Å². The molecule has 0 fully saturated rings. The Labute approximate surface area is 117 Å². The zero-order chi connectivity index (χ0) is 14.5. The van der Waals surface area contributed by atoms with Crippen LogP contribution in [0.1, 0.15) is 20.3 Å². The van der Waals surface area contributed by atoms with Crippen molar-refractivity contribution in [1.82, 2.24) is 9.97 Å². The molecule has 2 aromatic rings. The van der Waals surface area contributed by atoms with Crippen molar-refractivity contribution in [3.8, 4) is 0 Å². The van der Waals surface area contributed by atoms with Crippen LogP contribution < -0.4 is 16.4 Å². The monoisotopic (exact) mass is 275 g/mol. The van der Waals surface area contributed by atoms with Gasteiger partial charge >= 0.3 is 0 Å². The highest BCUT2D eigenvalue weighted by Gasteiger charge is 2.10. The number of halogens is 1. The number of rotatable bonds is 5. The Morgan fingerprint density at radius 1 is 1.20 bits per heavy atom. The molecule has 1 aromatic heterocycles. The molecule has 0 aliphatic heterocycles. The molecule has 0 amide bonds. The first-order chi connectivity index (χ1) is 9.60. The smallest absolute Gasteiger partial charge is 0.159 e. The number of benzene rings is 1. The fourth-order valence-corrected chi connectivity index (χ4v) is 1.62. The average Bonchev–Trinajstić information content (AvgIpc) is 2.45. The molecule has 106 valence electrons. The number of hydrogen-bond acceptors (Lipinski definition) is 5. The molecule has 20 heavy (non-hydrogen) atoms. The van der Waals surface area contributed by atoms with E-state index in [1.165, 1.54) is 18.5 Å². The standard InChI is InChI=1S/C14H18FN5/c1-3-9(2)19-13-12(16)14(18-8-17-13)20-11-6-4-10(15)5-7-11/h4-9H,3,16H2,1-2H3,(H2,17,18,19,20). The lowest BCUT2D eigenvalue weighted by Crippen LogP contribution is -2.16. The number of anilines is 4. The lowest BCUT2D eigenvalue weighted by molar-refractivity contribution is 0.628. The minimum Gasteiger partial charge on any atom is -0.393 e. The van der Waals surface area contributed by atoms with Gasteiger partial charge in [-0.15, -0.1) is 0 Å².